The van der Waals surface area contributed by atoms with Gasteiger partial charge in [-0.3, -0.25) is 4.79 Å². The molecular formula is C12H17NO3. The van der Waals surface area contributed by atoms with Crippen LogP contribution in [0.25, 0.3) is 0 Å². The molecule has 0 saturated heterocycles. The standard InChI is InChI=1S/C12H17NO3/c1-2-6-16-10-5-3-4-9(7-10)8-11(13)12(14)15/h3-5,7,11H,2,6,8,13H2,1H3,(H,14,15)/t11-/m0/s1. The van der Waals surface area contributed by atoms with Gasteiger partial charge in [0.1, 0.15) is 11.8 Å². The first-order chi connectivity index (χ1) is 7.63. The Bertz CT molecular complexity index is 352. The van der Waals surface area contributed by atoms with Crippen LogP contribution >= 0.6 is 0 Å². The van der Waals surface area contributed by atoms with E-state index in [2.05, 4.69) is 0 Å². The molecule has 4 heteroatoms. The molecular weight excluding hydrogens is 206 g/mol. The topological polar surface area (TPSA) is 72.5 Å². The average Bonchev–Trinajstić information content (AvgIpc) is 2.26. The zero-order valence-corrected chi connectivity index (χ0v) is 9.35. The van der Waals surface area contributed by atoms with Crippen LogP contribution < -0.4 is 10.5 Å². The maximum absolute atomic E-state index is 10.6. The van der Waals surface area contributed by atoms with E-state index < -0.39 is 12.0 Å². The zero-order valence-electron chi connectivity index (χ0n) is 9.35. The summed E-state index contributed by atoms with van der Waals surface area (Å²) in [6, 6.07) is 6.52. The van der Waals surface area contributed by atoms with E-state index in [9.17, 15) is 4.79 Å². The quantitative estimate of drug-likeness (QED) is 0.765. The fraction of sp³-hybridized carbons (Fsp3) is 0.417. The summed E-state index contributed by atoms with van der Waals surface area (Å²) in [5.41, 5.74) is 6.34. The van der Waals surface area contributed by atoms with Crippen molar-refractivity contribution >= 4 is 5.97 Å². The maximum Gasteiger partial charge on any atom is 0.320 e. The number of aliphatic carboxylic acids is 1. The SMILES string of the molecule is CCCOc1cccc(C[C@H](N)C(=O)O)c1. The predicted molar refractivity (Wildman–Crippen MR) is 61.5 cm³/mol. The zero-order chi connectivity index (χ0) is 12.0. The number of carboxylic acids is 1. The van der Waals surface area contributed by atoms with Gasteiger partial charge in [0.25, 0.3) is 0 Å². The molecule has 0 spiro atoms. The van der Waals surface area contributed by atoms with Gasteiger partial charge in [0.2, 0.25) is 0 Å². The Morgan fingerprint density at radius 3 is 2.94 bits per heavy atom. The monoisotopic (exact) mass is 223 g/mol. The Morgan fingerprint density at radius 1 is 1.56 bits per heavy atom. The van der Waals surface area contributed by atoms with Crippen LogP contribution in [0.5, 0.6) is 5.75 Å². The number of ether oxygens (including phenoxy) is 1. The smallest absolute Gasteiger partial charge is 0.320 e. The van der Waals surface area contributed by atoms with Crippen LogP contribution in [-0.2, 0) is 11.2 Å². The van der Waals surface area contributed by atoms with Gasteiger partial charge >= 0.3 is 5.97 Å². The van der Waals surface area contributed by atoms with Crippen molar-refractivity contribution in [2.75, 3.05) is 6.61 Å². The number of carbonyl (C=O) groups is 1. The number of nitrogens with two attached hydrogens (primary N) is 1. The van der Waals surface area contributed by atoms with Crippen LogP contribution in [0.4, 0.5) is 0 Å². The van der Waals surface area contributed by atoms with Crippen molar-refractivity contribution in [3.8, 4) is 5.75 Å². The molecule has 0 fully saturated rings. The molecule has 1 aromatic rings. The summed E-state index contributed by atoms with van der Waals surface area (Å²) >= 11 is 0. The molecule has 0 heterocycles. The Morgan fingerprint density at radius 2 is 2.31 bits per heavy atom. The first kappa shape index (κ1) is 12.5. The van der Waals surface area contributed by atoms with Crippen LogP contribution in [0.2, 0.25) is 0 Å². The van der Waals surface area contributed by atoms with Crippen molar-refractivity contribution in [2.45, 2.75) is 25.8 Å². The summed E-state index contributed by atoms with van der Waals surface area (Å²) in [6.07, 6.45) is 1.26. The summed E-state index contributed by atoms with van der Waals surface area (Å²) in [5.74, 6) is -0.225. The lowest BCUT2D eigenvalue weighted by atomic mass is 10.1. The van der Waals surface area contributed by atoms with Gasteiger partial charge in [-0.05, 0) is 30.5 Å². The molecule has 1 atom stereocenters. The van der Waals surface area contributed by atoms with E-state index in [0.717, 1.165) is 17.7 Å². The molecule has 0 aliphatic rings. The highest BCUT2D eigenvalue weighted by atomic mass is 16.5. The minimum Gasteiger partial charge on any atom is -0.494 e. The van der Waals surface area contributed by atoms with Gasteiger partial charge in [-0.25, -0.2) is 0 Å². The van der Waals surface area contributed by atoms with Gasteiger partial charge in [0.15, 0.2) is 0 Å². The van der Waals surface area contributed by atoms with Crippen molar-refractivity contribution in [3.05, 3.63) is 29.8 Å². The minimum atomic E-state index is -0.986. The molecule has 3 N–H and O–H groups in total. The van der Waals surface area contributed by atoms with Crippen LogP contribution in [0.15, 0.2) is 24.3 Å². The Hall–Kier alpha value is -1.55. The second-order valence-electron chi connectivity index (χ2n) is 3.64. The number of benzene rings is 1. The normalized spacial score (nSPS) is 12.1. The van der Waals surface area contributed by atoms with Gasteiger partial charge in [-0.1, -0.05) is 19.1 Å². The summed E-state index contributed by atoms with van der Waals surface area (Å²) in [6.45, 7) is 2.69. The molecule has 88 valence electrons. The number of carboxylic acid groups (broad SMARTS) is 1. The molecule has 0 radical (unpaired) electrons. The van der Waals surface area contributed by atoms with Gasteiger partial charge in [-0.2, -0.15) is 0 Å². The predicted octanol–water partition coefficient (Wildman–Crippen LogP) is 1.43. The van der Waals surface area contributed by atoms with Crippen LogP contribution in [0.3, 0.4) is 0 Å². The van der Waals surface area contributed by atoms with E-state index in [0.29, 0.717) is 13.0 Å². The van der Waals surface area contributed by atoms with Gasteiger partial charge in [0, 0.05) is 0 Å². The van der Waals surface area contributed by atoms with Crippen LogP contribution in [0, 0.1) is 0 Å². The largest absolute Gasteiger partial charge is 0.494 e. The maximum atomic E-state index is 10.6. The summed E-state index contributed by atoms with van der Waals surface area (Å²) < 4.78 is 5.45. The van der Waals surface area contributed by atoms with E-state index >= 15 is 0 Å². The lowest BCUT2D eigenvalue weighted by Gasteiger charge is -2.09. The van der Waals surface area contributed by atoms with Crippen LogP contribution in [0.1, 0.15) is 18.9 Å². The molecule has 0 aliphatic carbocycles. The molecule has 0 bridgehead atoms. The fourth-order valence-corrected chi connectivity index (χ4v) is 1.32. The molecule has 0 aromatic heterocycles. The number of rotatable bonds is 6. The first-order valence-corrected chi connectivity index (χ1v) is 5.33. The summed E-state index contributed by atoms with van der Waals surface area (Å²) in [7, 11) is 0. The number of hydrogen-bond donors (Lipinski definition) is 2. The lowest BCUT2D eigenvalue weighted by Crippen LogP contribution is -2.32. The Kier molecular flexibility index (Phi) is 4.79. The highest BCUT2D eigenvalue weighted by Crippen LogP contribution is 2.14. The fourth-order valence-electron chi connectivity index (χ4n) is 1.32. The van der Waals surface area contributed by atoms with Crippen molar-refractivity contribution in [1.29, 1.82) is 0 Å². The molecule has 4 nitrogen and oxygen atoms in total. The molecule has 1 aromatic carbocycles. The Labute approximate surface area is 95.0 Å². The van der Waals surface area contributed by atoms with E-state index in [1.807, 2.05) is 31.2 Å². The molecule has 0 saturated carbocycles. The van der Waals surface area contributed by atoms with Crippen molar-refractivity contribution < 1.29 is 14.6 Å². The van der Waals surface area contributed by atoms with Crippen molar-refractivity contribution in [3.63, 3.8) is 0 Å². The molecule has 0 unspecified atom stereocenters. The van der Waals surface area contributed by atoms with E-state index in [1.54, 1.807) is 0 Å². The van der Waals surface area contributed by atoms with E-state index in [4.69, 9.17) is 15.6 Å². The molecule has 0 amide bonds. The van der Waals surface area contributed by atoms with Crippen molar-refractivity contribution in [1.82, 2.24) is 0 Å². The minimum absolute atomic E-state index is 0.318. The second kappa shape index (κ2) is 6.12. The number of hydrogen-bond acceptors (Lipinski definition) is 3. The lowest BCUT2D eigenvalue weighted by molar-refractivity contribution is -0.138. The van der Waals surface area contributed by atoms with Gasteiger partial charge in [0.05, 0.1) is 6.61 Å². The van der Waals surface area contributed by atoms with Crippen molar-refractivity contribution in [2.24, 2.45) is 5.73 Å². The van der Waals surface area contributed by atoms with Gasteiger partial charge < -0.3 is 15.6 Å². The van der Waals surface area contributed by atoms with E-state index in [1.165, 1.54) is 0 Å². The summed E-state index contributed by atoms with van der Waals surface area (Å²) in [5, 5.41) is 8.70. The molecule has 16 heavy (non-hydrogen) atoms. The third-order valence-corrected chi connectivity index (χ3v) is 2.14. The molecule has 1 rings (SSSR count). The highest BCUT2D eigenvalue weighted by molar-refractivity contribution is 5.73. The Balaban J connectivity index is 2.63. The van der Waals surface area contributed by atoms with Crippen LogP contribution in [-0.4, -0.2) is 23.7 Å². The highest BCUT2D eigenvalue weighted by Gasteiger charge is 2.12. The third-order valence-electron chi connectivity index (χ3n) is 2.14. The first-order valence-electron chi connectivity index (χ1n) is 5.33. The average molecular weight is 223 g/mol. The third kappa shape index (κ3) is 3.90. The van der Waals surface area contributed by atoms with E-state index in [-0.39, 0.29) is 0 Å². The van der Waals surface area contributed by atoms with Gasteiger partial charge in [-0.15, -0.1) is 0 Å². The second-order valence-corrected chi connectivity index (χ2v) is 3.64. The summed E-state index contributed by atoms with van der Waals surface area (Å²) in [4.78, 5) is 10.6. The molecule has 0 aliphatic heterocycles.